The molecule has 0 fully saturated rings. The number of methoxy groups -OCH3 is 1. The van der Waals surface area contributed by atoms with Gasteiger partial charge in [0.15, 0.2) is 11.6 Å². The summed E-state index contributed by atoms with van der Waals surface area (Å²) in [5, 5.41) is 0. The predicted octanol–water partition coefficient (Wildman–Crippen LogP) is 3.24. The summed E-state index contributed by atoms with van der Waals surface area (Å²) >= 11 is 0. The fourth-order valence-corrected chi connectivity index (χ4v) is 2.03. The van der Waals surface area contributed by atoms with Gasteiger partial charge >= 0.3 is 5.97 Å². The Morgan fingerprint density at radius 3 is 2.43 bits per heavy atom. The lowest BCUT2D eigenvalue weighted by Crippen LogP contribution is -2.25. The van der Waals surface area contributed by atoms with E-state index in [4.69, 9.17) is 9.47 Å². The van der Waals surface area contributed by atoms with E-state index >= 15 is 0 Å². The third kappa shape index (κ3) is 4.31. The van der Waals surface area contributed by atoms with Gasteiger partial charge in [-0.05, 0) is 24.1 Å². The first kappa shape index (κ1) is 15.0. The van der Waals surface area contributed by atoms with Crippen LogP contribution in [0.3, 0.4) is 0 Å². The smallest absolute Gasteiger partial charge is 0.312 e. The van der Waals surface area contributed by atoms with Crippen molar-refractivity contribution in [3.8, 4) is 5.75 Å². The van der Waals surface area contributed by atoms with Crippen LogP contribution in [0.5, 0.6) is 5.75 Å². The van der Waals surface area contributed by atoms with Crippen LogP contribution < -0.4 is 4.74 Å². The molecule has 2 aromatic carbocycles. The number of carbonyl (C=O) groups excluding carboxylic acids is 1. The zero-order valence-corrected chi connectivity index (χ0v) is 11.8. The van der Waals surface area contributed by atoms with Gasteiger partial charge in [-0.25, -0.2) is 4.39 Å². The van der Waals surface area contributed by atoms with E-state index in [-0.39, 0.29) is 18.3 Å². The van der Waals surface area contributed by atoms with Gasteiger partial charge in [0.2, 0.25) is 0 Å². The second-order valence-corrected chi connectivity index (χ2v) is 4.65. The van der Waals surface area contributed by atoms with Crippen LogP contribution in [-0.2, 0) is 16.0 Å². The summed E-state index contributed by atoms with van der Waals surface area (Å²) in [5.41, 5.74) is 1.00. The molecule has 0 aliphatic rings. The summed E-state index contributed by atoms with van der Waals surface area (Å²) in [5.74, 6) is -1.15. The molecule has 110 valence electrons. The third-order valence-electron chi connectivity index (χ3n) is 3.14. The van der Waals surface area contributed by atoms with Crippen molar-refractivity contribution in [3.05, 3.63) is 66.0 Å². The molecular weight excluding hydrogens is 271 g/mol. The fourth-order valence-electron chi connectivity index (χ4n) is 2.03. The number of ether oxygens (including phenoxy) is 2. The van der Waals surface area contributed by atoms with Crippen molar-refractivity contribution in [1.29, 1.82) is 0 Å². The van der Waals surface area contributed by atoms with Crippen molar-refractivity contribution in [2.24, 2.45) is 5.92 Å². The number of benzene rings is 2. The lowest BCUT2D eigenvalue weighted by molar-refractivity contribution is -0.146. The quantitative estimate of drug-likeness (QED) is 0.766. The third-order valence-corrected chi connectivity index (χ3v) is 3.14. The van der Waals surface area contributed by atoms with Crippen LogP contribution >= 0.6 is 0 Å². The average molecular weight is 288 g/mol. The Kier molecular flexibility index (Phi) is 5.32. The number of esters is 1. The molecule has 0 spiro atoms. The van der Waals surface area contributed by atoms with Crippen LogP contribution in [0, 0.1) is 11.7 Å². The van der Waals surface area contributed by atoms with Gasteiger partial charge in [0.1, 0.15) is 6.61 Å². The first-order chi connectivity index (χ1) is 10.2. The maximum atomic E-state index is 13.5. The van der Waals surface area contributed by atoms with E-state index in [0.717, 1.165) is 5.56 Å². The molecule has 0 aliphatic heterocycles. The van der Waals surface area contributed by atoms with Crippen molar-refractivity contribution in [2.75, 3.05) is 13.7 Å². The van der Waals surface area contributed by atoms with E-state index in [2.05, 4.69) is 0 Å². The van der Waals surface area contributed by atoms with E-state index in [1.807, 2.05) is 30.3 Å². The molecular formula is C17H17FO3. The molecule has 3 nitrogen and oxygen atoms in total. The topological polar surface area (TPSA) is 35.5 Å². The largest absolute Gasteiger partial charge is 0.490 e. The molecule has 2 aromatic rings. The van der Waals surface area contributed by atoms with E-state index in [1.165, 1.54) is 19.2 Å². The minimum absolute atomic E-state index is 0.0719. The molecule has 0 aliphatic carbocycles. The molecule has 2 rings (SSSR count). The normalized spacial score (nSPS) is 11.7. The van der Waals surface area contributed by atoms with Crippen molar-refractivity contribution in [1.82, 2.24) is 0 Å². The van der Waals surface area contributed by atoms with Crippen molar-refractivity contribution >= 4 is 5.97 Å². The van der Waals surface area contributed by atoms with E-state index in [9.17, 15) is 9.18 Å². The molecule has 1 atom stereocenters. The number of hydrogen-bond donors (Lipinski definition) is 0. The molecule has 21 heavy (non-hydrogen) atoms. The van der Waals surface area contributed by atoms with Crippen molar-refractivity contribution < 1.29 is 18.7 Å². The zero-order valence-electron chi connectivity index (χ0n) is 11.8. The summed E-state index contributed by atoms with van der Waals surface area (Å²) < 4.78 is 23.7. The Morgan fingerprint density at radius 2 is 1.76 bits per heavy atom. The number of para-hydroxylation sites is 1. The maximum Gasteiger partial charge on any atom is 0.312 e. The number of hydrogen-bond acceptors (Lipinski definition) is 3. The van der Waals surface area contributed by atoms with E-state index in [0.29, 0.717) is 6.42 Å². The summed E-state index contributed by atoms with van der Waals surface area (Å²) in [6, 6.07) is 15.7. The Bertz CT molecular complexity index is 584. The van der Waals surface area contributed by atoms with Gasteiger partial charge in [-0.15, -0.1) is 0 Å². The van der Waals surface area contributed by atoms with Gasteiger partial charge < -0.3 is 9.47 Å². The van der Waals surface area contributed by atoms with Gasteiger partial charge in [0.25, 0.3) is 0 Å². The van der Waals surface area contributed by atoms with Crippen LogP contribution in [0.1, 0.15) is 5.56 Å². The highest BCUT2D eigenvalue weighted by atomic mass is 19.1. The Labute approximate surface area is 123 Å². The zero-order chi connectivity index (χ0) is 15.1. The van der Waals surface area contributed by atoms with Gasteiger partial charge in [-0.1, -0.05) is 42.5 Å². The first-order valence-electron chi connectivity index (χ1n) is 6.70. The van der Waals surface area contributed by atoms with Crippen molar-refractivity contribution in [3.63, 3.8) is 0 Å². The highest BCUT2D eigenvalue weighted by Crippen LogP contribution is 2.18. The first-order valence-corrected chi connectivity index (χ1v) is 6.70. The van der Waals surface area contributed by atoms with Gasteiger partial charge in [-0.2, -0.15) is 0 Å². The van der Waals surface area contributed by atoms with Crippen LogP contribution in [0.2, 0.25) is 0 Å². The number of halogens is 1. The summed E-state index contributed by atoms with van der Waals surface area (Å²) in [6.45, 7) is 0.0719. The monoisotopic (exact) mass is 288 g/mol. The SMILES string of the molecule is COC(=O)C(COc1ccccc1F)Cc1ccccc1. The minimum atomic E-state index is -0.475. The standard InChI is InChI=1S/C17H17FO3/c1-20-17(19)14(11-13-7-3-2-4-8-13)12-21-16-10-6-5-9-15(16)18/h2-10,14H,11-12H2,1H3. The van der Waals surface area contributed by atoms with Crippen LogP contribution in [-0.4, -0.2) is 19.7 Å². The lowest BCUT2D eigenvalue weighted by atomic mass is 10.0. The lowest BCUT2D eigenvalue weighted by Gasteiger charge is -2.16. The van der Waals surface area contributed by atoms with Crippen LogP contribution in [0.25, 0.3) is 0 Å². The number of carbonyl (C=O) groups is 1. The predicted molar refractivity (Wildman–Crippen MR) is 77.5 cm³/mol. The Balaban J connectivity index is 2.03. The molecule has 0 saturated heterocycles. The van der Waals surface area contributed by atoms with Crippen LogP contribution in [0.4, 0.5) is 4.39 Å². The molecule has 1 unspecified atom stereocenters. The molecule has 0 aromatic heterocycles. The van der Waals surface area contributed by atoms with E-state index < -0.39 is 11.7 Å². The molecule has 4 heteroatoms. The van der Waals surface area contributed by atoms with Gasteiger partial charge in [-0.3, -0.25) is 4.79 Å². The second-order valence-electron chi connectivity index (χ2n) is 4.65. The molecule has 0 radical (unpaired) electrons. The summed E-state index contributed by atoms with van der Waals surface area (Å²) in [4.78, 5) is 11.8. The maximum absolute atomic E-state index is 13.5. The van der Waals surface area contributed by atoms with Crippen LogP contribution in [0.15, 0.2) is 54.6 Å². The molecule has 0 bridgehead atoms. The van der Waals surface area contributed by atoms with E-state index in [1.54, 1.807) is 12.1 Å². The average Bonchev–Trinajstić information content (AvgIpc) is 2.53. The second kappa shape index (κ2) is 7.43. The molecule has 0 heterocycles. The highest BCUT2D eigenvalue weighted by molar-refractivity contribution is 5.72. The molecule has 0 amide bonds. The summed E-state index contributed by atoms with van der Waals surface area (Å²) in [7, 11) is 1.34. The molecule has 0 saturated carbocycles. The Morgan fingerprint density at radius 1 is 1.10 bits per heavy atom. The highest BCUT2D eigenvalue weighted by Gasteiger charge is 2.21. The fraction of sp³-hybridized carbons (Fsp3) is 0.235. The number of rotatable bonds is 6. The minimum Gasteiger partial charge on any atom is -0.490 e. The molecule has 0 N–H and O–H groups in total. The Hall–Kier alpha value is -2.36. The summed E-state index contributed by atoms with van der Waals surface area (Å²) in [6.07, 6.45) is 0.488. The van der Waals surface area contributed by atoms with Gasteiger partial charge in [0.05, 0.1) is 13.0 Å². The van der Waals surface area contributed by atoms with Gasteiger partial charge in [0, 0.05) is 0 Å². The van der Waals surface area contributed by atoms with Crippen molar-refractivity contribution in [2.45, 2.75) is 6.42 Å².